The van der Waals surface area contributed by atoms with E-state index in [4.69, 9.17) is 9.90 Å². The fourth-order valence-electron chi connectivity index (χ4n) is 2.83. The summed E-state index contributed by atoms with van der Waals surface area (Å²) in [5.41, 5.74) is 4.50. The maximum Gasteiger partial charge on any atom is 0.245 e. The van der Waals surface area contributed by atoms with Crippen LogP contribution in [0.5, 0.6) is 0 Å². The zero-order valence-corrected chi connectivity index (χ0v) is 19.0. The Hall–Kier alpha value is -1.47. The van der Waals surface area contributed by atoms with Crippen molar-refractivity contribution in [2.24, 2.45) is 11.7 Å². The van der Waals surface area contributed by atoms with E-state index in [1.54, 1.807) is 0 Å². The maximum absolute atomic E-state index is 12.5. The van der Waals surface area contributed by atoms with Crippen LogP contribution >= 0.6 is 0 Å². The minimum atomic E-state index is -0.332. The van der Waals surface area contributed by atoms with Crippen LogP contribution < -0.4 is 11.1 Å². The van der Waals surface area contributed by atoms with Gasteiger partial charge < -0.3 is 25.9 Å². The van der Waals surface area contributed by atoms with Crippen molar-refractivity contribution < 1.29 is 19.5 Å². The van der Waals surface area contributed by atoms with Crippen LogP contribution in [0.1, 0.15) is 79.1 Å². The summed E-state index contributed by atoms with van der Waals surface area (Å²) in [5.74, 6) is 0.550. The molecule has 0 radical (unpaired) electrons. The monoisotopic (exact) mass is 403 g/mol. The molecule has 1 aliphatic rings. The Morgan fingerprint density at radius 3 is 2.04 bits per heavy atom. The number of likely N-dealkylation sites (tertiary alicyclic amines) is 1. The van der Waals surface area contributed by atoms with Gasteiger partial charge in [0.2, 0.25) is 11.8 Å². The van der Waals surface area contributed by atoms with Crippen LogP contribution in [0.3, 0.4) is 0 Å². The van der Waals surface area contributed by atoms with Crippen molar-refractivity contribution in [3.8, 4) is 0 Å². The van der Waals surface area contributed by atoms with Crippen LogP contribution in [0.4, 0.5) is 0 Å². The number of nitrogens with two attached hydrogens (primary N) is 1. The average Bonchev–Trinajstić information content (AvgIpc) is 3.22. The predicted molar refractivity (Wildman–Crippen MR) is 116 cm³/mol. The van der Waals surface area contributed by atoms with E-state index >= 15 is 0 Å². The van der Waals surface area contributed by atoms with Crippen LogP contribution in [0, 0.1) is 5.92 Å². The molecule has 1 fully saturated rings. The summed E-state index contributed by atoms with van der Waals surface area (Å²) in [6.45, 7) is 9.49. The Labute approximate surface area is 172 Å². The highest BCUT2D eigenvalue weighted by Gasteiger charge is 2.28. The highest BCUT2D eigenvalue weighted by atomic mass is 16.2. The third-order valence-electron chi connectivity index (χ3n) is 4.02. The van der Waals surface area contributed by atoms with Crippen molar-refractivity contribution in [1.82, 2.24) is 10.2 Å². The zero-order valence-electron chi connectivity index (χ0n) is 19.0. The predicted octanol–water partition coefficient (Wildman–Crippen LogP) is 2.50. The number of carbonyl (C=O) groups excluding carboxylic acids is 3. The number of aliphatic hydroxyl groups excluding tert-OH is 1. The lowest BCUT2D eigenvalue weighted by atomic mass is 10.0. The molecule has 0 aliphatic carbocycles. The fraction of sp³-hybridized carbons (Fsp3) is 0.857. The van der Waals surface area contributed by atoms with Gasteiger partial charge in [-0.15, -0.1) is 0 Å². The van der Waals surface area contributed by atoms with Gasteiger partial charge >= 0.3 is 0 Å². The molecule has 1 rings (SSSR count). The number of amides is 2. The minimum Gasteiger partial charge on any atom is -0.400 e. The number of rotatable bonds is 9. The molecule has 0 spiro atoms. The molecule has 0 aromatic carbocycles. The van der Waals surface area contributed by atoms with Crippen LogP contribution in [-0.2, 0) is 14.4 Å². The highest BCUT2D eigenvalue weighted by molar-refractivity contribution is 5.87. The number of hydrogen-bond donors (Lipinski definition) is 3. The van der Waals surface area contributed by atoms with Gasteiger partial charge in [-0.3, -0.25) is 9.59 Å². The van der Waals surface area contributed by atoms with Crippen molar-refractivity contribution >= 4 is 18.1 Å². The van der Waals surface area contributed by atoms with Crippen LogP contribution in [0.2, 0.25) is 0 Å². The number of hydrogen-bond acceptors (Lipinski definition) is 5. The summed E-state index contributed by atoms with van der Waals surface area (Å²) in [6.07, 6.45) is 8.57. The van der Waals surface area contributed by atoms with Crippen molar-refractivity contribution in [3.63, 3.8) is 0 Å². The van der Waals surface area contributed by atoms with Gasteiger partial charge in [-0.1, -0.05) is 40.0 Å². The first-order valence-electron chi connectivity index (χ1n) is 10.5. The lowest BCUT2D eigenvalue weighted by Gasteiger charge is -2.25. The molecule has 7 heteroatoms. The normalized spacial score (nSPS) is 13.1. The van der Waals surface area contributed by atoms with E-state index in [0.29, 0.717) is 12.3 Å². The molecular weight excluding hydrogens is 358 g/mol. The maximum atomic E-state index is 12.5. The summed E-state index contributed by atoms with van der Waals surface area (Å²) in [5, 5.41) is 9.97. The van der Waals surface area contributed by atoms with Crippen molar-refractivity contribution in [1.29, 1.82) is 0 Å². The Balaban J connectivity index is -0.000000789. The summed E-state index contributed by atoms with van der Waals surface area (Å²) >= 11 is 0. The van der Waals surface area contributed by atoms with Crippen LogP contribution in [0.15, 0.2) is 0 Å². The molecule has 1 heterocycles. The molecule has 1 saturated heterocycles. The van der Waals surface area contributed by atoms with Gasteiger partial charge in [0.1, 0.15) is 12.3 Å². The summed E-state index contributed by atoms with van der Waals surface area (Å²) in [6, 6.07) is -0.332. The first-order valence-corrected chi connectivity index (χ1v) is 10.5. The summed E-state index contributed by atoms with van der Waals surface area (Å²) in [4.78, 5) is 35.3. The Morgan fingerprint density at radius 2 is 1.61 bits per heavy atom. The van der Waals surface area contributed by atoms with E-state index in [0.717, 1.165) is 58.6 Å². The molecular formula is C21H45N3O4. The average molecular weight is 404 g/mol. The Bertz CT molecular complexity index is 371. The van der Waals surface area contributed by atoms with E-state index in [1.807, 2.05) is 4.90 Å². The van der Waals surface area contributed by atoms with Crippen molar-refractivity contribution in [3.05, 3.63) is 0 Å². The van der Waals surface area contributed by atoms with Gasteiger partial charge in [0.15, 0.2) is 0 Å². The first-order chi connectivity index (χ1) is 13.5. The van der Waals surface area contributed by atoms with E-state index in [2.05, 4.69) is 31.8 Å². The highest BCUT2D eigenvalue weighted by Crippen LogP contribution is 2.14. The van der Waals surface area contributed by atoms with Crippen molar-refractivity contribution in [2.45, 2.75) is 85.1 Å². The summed E-state index contributed by atoms with van der Waals surface area (Å²) in [7, 11) is 2.50. The molecule has 1 unspecified atom stereocenters. The van der Waals surface area contributed by atoms with Gasteiger partial charge in [0.05, 0.1) is 0 Å². The molecule has 0 aromatic heterocycles. The number of aliphatic hydroxyl groups is 1. The number of nitrogens with one attached hydrogen (secondary N) is 1. The Kier molecular flexibility index (Phi) is 26.3. The number of carbonyl (C=O) groups is 3. The van der Waals surface area contributed by atoms with Gasteiger partial charge in [-0.25, -0.2) is 0 Å². The molecule has 28 heavy (non-hydrogen) atoms. The molecule has 7 nitrogen and oxygen atoms in total. The fourth-order valence-corrected chi connectivity index (χ4v) is 2.83. The molecule has 2 amide bonds. The van der Waals surface area contributed by atoms with Gasteiger partial charge in [-0.05, 0) is 45.6 Å². The largest absolute Gasteiger partial charge is 0.400 e. The molecule has 0 saturated carbocycles. The second-order valence-corrected chi connectivity index (χ2v) is 6.83. The molecule has 1 aliphatic heterocycles. The molecule has 0 aromatic rings. The SMILES string of the molecule is CC=O.CCCCCCC(=O)NC(CC(C)C)C(=O)N1CCCC1.CN.CO. The van der Waals surface area contributed by atoms with E-state index in [1.165, 1.54) is 26.8 Å². The lowest BCUT2D eigenvalue weighted by molar-refractivity contribution is -0.136. The van der Waals surface area contributed by atoms with Crippen LogP contribution in [-0.4, -0.2) is 61.4 Å². The first kappa shape index (κ1) is 31.2. The molecule has 0 bridgehead atoms. The third kappa shape index (κ3) is 17.9. The zero-order chi connectivity index (χ0) is 22.4. The van der Waals surface area contributed by atoms with E-state index < -0.39 is 0 Å². The quantitative estimate of drug-likeness (QED) is 0.404. The van der Waals surface area contributed by atoms with Gasteiger partial charge in [0, 0.05) is 26.6 Å². The molecule has 1 atom stereocenters. The van der Waals surface area contributed by atoms with Crippen molar-refractivity contribution in [2.75, 3.05) is 27.2 Å². The van der Waals surface area contributed by atoms with E-state index in [9.17, 15) is 9.59 Å². The minimum absolute atomic E-state index is 0.0318. The number of nitrogens with zero attached hydrogens (tertiary/aromatic N) is 1. The van der Waals surface area contributed by atoms with E-state index in [-0.39, 0.29) is 17.9 Å². The van der Waals surface area contributed by atoms with Crippen LogP contribution in [0.25, 0.3) is 0 Å². The molecule has 168 valence electrons. The Morgan fingerprint density at radius 1 is 1.11 bits per heavy atom. The standard InChI is InChI=1S/C17H32N2O2.C2H4O.CH5N.CH4O/c1-4-5-6-7-10-16(20)18-15(13-14(2)3)17(21)19-11-8-9-12-19;1-2-3;2*1-2/h14-15H,4-13H2,1-3H3,(H,18,20);2H,1H3;2H2,1H3;2H,1H3. The second kappa shape index (κ2) is 23.6. The molecule has 4 N–H and O–H groups in total. The third-order valence-corrected chi connectivity index (χ3v) is 4.02. The second-order valence-electron chi connectivity index (χ2n) is 6.83. The van der Waals surface area contributed by atoms with Gasteiger partial charge in [0.25, 0.3) is 0 Å². The summed E-state index contributed by atoms with van der Waals surface area (Å²) < 4.78 is 0. The number of unbranched alkanes of at least 4 members (excludes halogenated alkanes) is 3. The van der Waals surface area contributed by atoms with Gasteiger partial charge in [-0.2, -0.15) is 0 Å². The lowest BCUT2D eigenvalue weighted by Crippen LogP contribution is -2.48. The smallest absolute Gasteiger partial charge is 0.245 e. The topological polar surface area (TPSA) is 113 Å². The number of aldehydes is 1.